The van der Waals surface area contributed by atoms with Gasteiger partial charge in [0.1, 0.15) is 0 Å². The average Bonchev–Trinajstić information content (AvgIpc) is 2.68. The summed E-state index contributed by atoms with van der Waals surface area (Å²) in [6.07, 6.45) is 1.38. The van der Waals surface area contributed by atoms with Crippen LogP contribution in [0.2, 0.25) is 0 Å². The number of aryl methyl sites for hydroxylation is 2. The fourth-order valence-corrected chi connectivity index (χ4v) is 5.24. The second-order valence-electron chi connectivity index (χ2n) is 7.60. The predicted molar refractivity (Wildman–Crippen MR) is 110 cm³/mol. The first-order valence-electron chi connectivity index (χ1n) is 9.72. The summed E-state index contributed by atoms with van der Waals surface area (Å²) in [6, 6.07) is 14.7. The second-order valence-corrected chi connectivity index (χ2v) is 9.54. The molecule has 0 unspecified atom stereocenters. The minimum atomic E-state index is -3.58. The van der Waals surface area contributed by atoms with Gasteiger partial charge in [0.2, 0.25) is 15.9 Å². The second kappa shape index (κ2) is 8.45. The highest BCUT2D eigenvalue weighted by molar-refractivity contribution is 7.89. The molecule has 1 amide bonds. The van der Waals surface area contributed by atoms with E-state index >= 15 is 0 Å². The highest BCUT2D eigenvalue weighted by atomic mass is 32.2. The fraction of sp³-hybridized carbons (Fsp3) is 0.409. The molecule has 1 saturated heterocycles. The van der Waals surface area contributed by atoms with Crippen molar-refractivity contribution < 1.29 is 13.2 Å². The molecule has 1 fully saturated rings. The Morgan fingerprint density at radius 2 is 1.79 bits per heavy atom. The molecule has 0 spiro atoms. The molecule has 0 bridgehead atoms. The standard InChI is InChI=1S/C22H28N2O3S/c1-16-10-12-20(13-11-16)28(26,27)24-14-6-8-19(15-24)22(25)23-18(3)21-9-5-4-7-17(21)2/h4-5,7,9-13,18-19H,6,8,14-15H2,1-3H3,(H,23,25)/t18-,19-/m1/s1. The third-order valence-electron chi connectivity index (χ3n) is 5.43. The maximum atomic E-state index is 12.9. The molecule has 0 aliphatic carbocycles. The maximum Gasteiger partial charge on any atom is 0.243 e. The van der Waals surface area contributed by atoms with Crippen molar-refractivity contribution >= 4 is 15.9 Å². The zero-order valence-corrected chi connectivity index (χ0v) is 17.5. The summed E-state index contributed by atoms with van der Waals surface area (Å²) in [7, 11) is -3.58. The number of carbonyl (C=O) groups excluding carboxylic acids is 1. The topological polar surface area (TPSA) is 66.5 Å². The van der Waals surface area contributed by atoms with E-state index in [0.717, 1.165) is 16.7 Å². The van der Waals surface area contributed by atoms with Gasteiger partial charge in [-0.1, -0.05) is 42.0 Å². The zero-order valence-electron chi connectivity index (χ0n) is 16.7. The number of rotatable bonds is 5. The Morgan fingerprint density at radius 3 is 2.46 bits per heavy atom. The molecule has 1 heterocycles. The van der Waals surface area contributed by atoms with Crippen molar-refractivity contribution in [1.29, 1.82) is 0 Å². The number of carbonyl (C=O) groups is 1. The molecule has 28 heavy (non-hydrogen) atoms. The third kappa shape index (κ3) is 4.45. The smallest absolute Gasteiger partial charge is 0.243 e. The van der Waals surface area contributed by atoms with E-state index in [-0.39, 0.29) is 29.3 Å². The number of nitrogens with one attached hydrogen (secondary N) is 1. The van der Waals surface area contributed by atoms with E-state index < -0.39 is 10.0 Å². The van der Waals surface area contributed by atoms with Gasteiger partial charge in [0.25, 0.3) is 0 Å². The quantitative estimate of drug-likeness (QED) is 0.834. The van der Waals surface area contributed by atoms with Crippen LogP contribution in [0.1, 0.15) is 42.5 Å². The van der Waals surface area contributed by atoms with Crippen molar-refractivity contribution in [2.24, 2.45) is 5.92 Å². The number of benzene rings is 2. The van der Waals surface area contributed by atoms with E-state index in [1.165, 1.54) is 4.31 Å². The summed E-state index contributed by atoms with van der Waals surface area (Å²) in [5.41, 5.74) is 3.22. The maximum absolute atomic E-state index is 12.9. The fourth-order valence-electron chi connectivity index (χ4n) is 3.72. The first-order valence-corrected chi connectivity index (χ1v) is 11.2. The Morgan fingerprint density at radius 1 is 1.11 bits per heavy atom. The summed E-state index contributed by atoms with van der Waals surface area (Å²) in [5.74, 6) is -0.417. The first kappa shape index (κ1) is 20.6. The lowest BCUT2D eigenvalue weighted by molar-refractivity contribution is -0.126. The summed E-state index contributed by atoms with van der Waals surface area (Å²) in [4.78, 5) is 13.1. The number of amides is 1. The van der Waals surface area contributed by atoms with Crippen molar-refractivity contribution in [3.05, 3.63) is 65.2 Å². The molecular weight excluding hydrogens is 372 g/mol. The Bertz CT molecular complexity index is 939. The third-order valence-corrected chi connectivity index (χ3v) is 7.31. The van der Waals surface area contributed by atoms with Crippen LogP contribution < -0.4 is 5.32 Å². The molecule has 0 aromatic heterocycles. The Hall–Kier alpha value is -2.18. The lowest BCUT2D eigenvalue weighted by Crippen LogP contribution is -2.45. The van der Waals surface area contributed by atoms with E-state index in [0.29, 0.717) is 19.4 Å². The monoisotopic (exact) mass is 400 g/mol. The largest absolute Gasteiger partial charge is 0.349 e. The van der Waals surface area contributed by atoms with Crippen molar-refractivity contribution in [3.8, 4) is 0 Å². The van der Waals surface area contributed by atoms with Gasteiger partial charge in [0, 0.05) is 13.1 Å². The van der Waals surface area contributed by atoms with E-state index in [9.17, 15) is 13.2 Å². The van der Waals surface area contributed by atoms with Crippen LogP contribution in [-0.2, 0) is 14.8 Å². The molecule has 2 atom stereocenters. The normalized spacial score (nSPS) is 19.2. The van der Waals surface area contributed by atoms with Crippen LogP contribution in [-0.4, -0.2) is 31.7 Å². The lowest BCUT2D eigenvalue weighted by atomic mass is 9.97. The van der Waals surface area contributed by atoms with Crippen LogP contribution in [0.15, 0.2) is 53.4 Å². The minimum absolute atomic E-state index is 0.0837. The molecule has 0 saturated carbocycles. The zero-order chi connectivity index (χ0) is 20.3. The van der Waals surface area contributed by atoms with Gasteiger partial charge in [0.05, 0.1) is 16.9 Å². The van der Waals surface area contributed by atoms with Crippen LogP contribution in [0.25, 0.3) is 0 Å². The highest BCUT2D eigenvalue weighted by Crippen LogP contribution is 2.25. The van der Waals surface area contributed by atoms with Crippen LogP contribution in [0.4, 0.5) is 0 Å². The minimum Gasteiger partial charge on any atom is -0.349 e. The van der Waals surface area contributed by atoms with E-state index in [1.54, 1.807) is 24.3 Å². The SMILES string of the molecule is Cc1ccc(S(=O)(=O)N2CCC[C@@H](C(=O)N[C@H](C)c3ccccc3C)C2)cc1. The van der Waals surface area contributed by atoms with Crippen molar-refractivity contribution in [1.82, 2.24) is 9.62 Å². The molecule has 2 aromatic rings. The number of sulfonamides is 1. The molecular formula is C22H28N2O3S. The molecule has 1 aliphatic rings. The van der Waals surface area contributed by atoms with Crippen LogP contribution in [0, 0.1) is 19.8 Å². The van der Waals surface area contributed by atoms with Gasteiger partial charge in [-0.05, 0) is 56.9 Å². The number of nitrogens with zero attached hydrogens (tertiary/aromatic N) is 1. The van der Waals surface area contributed by atoms with Crippen LogP contribution in [0.5, 0.6) is 0 Å². The number of hydrogen-bond acceptors (Lipinski definition) is 3. The van der Waals surface area contributed by atoms with Crippen molar-refractivity contribution in [2.75, 3.05) is 13.1 Å². The number of hydrogen-bond donors (Lipinski definition) is 1. The Kier molecular flexibility index (Phi) is 6.20. The van der Waals surface area contributed by atoms with Gasteiger partial charge in [0.15, 0.2) is 0 Å². The molecule has 1 aliphatic heterocycles. The summed E-state index contributed by atoms with van der Waals surface area (Å²) in [5, 5.41) is 3.07. The van der Waals surface area contributed by atoms with E-state index in [1.807, 2.05) is 45.0 Å². The highest BCUT2D eigenvalue weighted by Gasteiger charge is 2.33. The summed E-state index contributed by atoms with van der Waals surface area (Å²) in [6.45, 7) is 6.58. The Labute approximate surface area is 167 Å². The molecule has 1 N–H and O–H groups in total. The van der Waals surface area contributed by atoms with Gasteiger partial charge in [-0.15, -0.1) is 0 Å². The molecule has 2 aromatic carbocycles. The molecule has 5 nitrogen and oxygen atoms in total. The van der Waals surface area contributed by atoms with Crippen molar-refractivity contribution in [3.63, 3.8) is 0 Å². The van der Waals surface area contributed by atoms with Crippen LogP contribution in [0.3, 0.4) is 0 Å². The molecule has 0 radical (unpaired) electrons. The average molecular weight is 401 g/mol. The van der Waals surface area contributed by atoms with Gasteiger partial charge < -0.3 is 5.32 Å². The van der Waals surface area contributed by atoms with Gasteiger partial charge in [-0.3, -0.25) is 4.79 Å². The first-order chi connectivity index (χ1) is 13.3. The van der Waals surface area contributed by atoms with Gasteiger partial charge in [-0.25, -0.2) is 8.42 Å². The molecule has 6 heteroatoms. The molecule has 3 rings (SSSR count). The van der Waals surface area contributed by atoms with Gasteiger partial charge >= 0.3 is 0 Å². The van der Waals surface area contributed by atoms with Crippen molar-refractivity contribution in [2.45, 2.75) is 44.6 Å². The van der Waals surface area contributed by atoms with Gasteiger partial charge in [-0.2, -0.15) is 4.31 Å². The molecule has 150 valence electrons. The summed E-state index contributed by atoms with van der Waals surface area (Å²) < 4.78 is 27.3. The van der Waals surface area contributed by atoms with Crippen LogP contribution >= 0.6 is 0 Å². The van der Waals surface area contributed by atoms with E-state index in [4.69, 9.17) is 0 Å². The lowest BCUT2D eigenvalue weighted by Gasteiger charge is -2.32. The Balaban J connectivity index is 1.69. The number of piperidine rings is 1. The summed E-state index contributed by atoms with van der Waals surface area (Å²) >= 11 is 0. The predicted octanol–water partition coefficient (Wildman–Crippen LogP) is 3.58. The van der Waals surface area contributed by atoms with E-state index in [2.05, 4.69) is 5.32 Å².